The van der Waals surface area contributed by atoms with E-state index >= 15 is 0 Å². The third-order valence-electron chi connectivity index (χ3n) is 5.37. The van der Waals surface area contributed by atoms with E-state index in [-0.39, 0.29) is 0 Å². The summed E-state index contributed by atoms with van der Waals surface area (Å²) < 4.78 is 2.38. The first-order valence-corrected chi connectivity index (χ1v) is 9.88. The number of nitrogens with zero attached hydrogens (tertiary/aromatic N) is 3. The summed E-state index contributed by atoms with van der Waals surface area (Å²) in [4.78, 5) is 28.3. The number of aromatic nitrogens is 4. The standard InChI is InChI=1S/C24H20N4O2/c1-16-7-12-19(13-8-16)28-24(30)27-22(26-28)20-15-18(11-14-21(20)25-23(27)29)10-9-17-5-3-2-4-6-17/h2-8,11-15H,9-10H2,1H3,(H,25,29). The number of nitrogens with one attached hydrogen (secondary N) is 1. The van der Waals surface area contributed by atoms with Crippen molar-refractivity contribution in [3.05, 3.63) is 110 Å². The lowest BCUT2D eigenvalue weighted by atomic mass is 10.0. The highest BCUT2D eigenvalue weighted by molar-refractivity contribution is 5.91. The fourth-order valence-corrected chi connectivity index (χ4v) is 3.72. The lowest BCUT2D eigenvalue weighted by molar-refractivity contribution is 0.827. The summed E-state index contributed by atoms with van der Waals surface area (Å²) >= 11 is 0. The predicted octanol–water partition coefficient (Wildman–Crippen LogP) is 3.42. The van der Waals surface area contributed by atoms with E-state index in [2.05, 4.69) is 22.2 Å². The molecule has 2 aromatic heterocycles. The number of benzene rings is 3. The van der Waals surface area contributed by atoms with E-state index in [4.69, 9.17) is 0 Å². The second-order valence-corrected chi connectivity index (χ2v) is 7.48. The number of aromatic amines is 1. The Labute approximate surface area is 172 Å². The van der Waals surface area contributed by atoms with Crippen LogP contribution in [0.5, 0.6) is 0 Å². The molecule has 5 aromatic rings. The molecule has 0 aliphatic heterocycles. The van der Waals surface area contributed by atoms with Crippen molar-refractivity contribution in [1.29, 1.82) is 0 Å². The van der Waals surface area contributed by atoms with E-state index in [0.29, 0.717) is 16.9 Å². The third-order valence-corrected chi connectivity index (χ3v) is 5.37. The summed E-state index contributed by atoms with van der Waals surface area (Å²) in [6, 6.07) is 23.7. The summed E-state index contributed by atoms with van der Waals surface area (Å²) in [6.07, 6.45) is 1.77. The monoisotopic (exact) mass is 396 g/mol. The molecule has 0 aliphatic carbocycles. The molecule has 0 saturated carbocycles. The normalized spacial score (nSPS) is 11.4. The molecule has 30 heavy (non-hydrogen) atoms. The van der Waals surface area contributed by atoms with E-state index in [1.807, 2.05) is 67.6 Å². The van der Waals surface area contributed by atoms with Gasteiger partial charge in [0.05, 0.1) is 11.2 Å². The van der Waals surface area contributed by atoms with Gasteiger partial charge in [0.2, 0.25) is 0 Å². The van der Waals surface area contributed by atoms with Gasteiger partial charge < -0.3 is 4.98 Å². The minimum atomic E-state index is -0.488. The average Bonchev–Trinajstić information content (AvgIpc) is 3.12. The molecule has 5 rings (SSSR count). The molecule has 0 saturated heterocycles. The summed E-state index contributed by atoms with van der Waals surface area (Å²) in [5, 5.41) is 5.26. The Bertz CT molecular complexity index is 1480. The van der Waals surface area contributed by atoms with E-state index in [0.717, 1.165) is 33.8 Å². The summed E-state index contributed by atoms with van der Waals surface area (Å²) in [6.45, 7) is 1.98. The highest BCUT2D eigenvalue weighted by Gasteiger charge is 2.15. The Hall–Kier alpha value is -3.93. The van der Waals surface area contributed by atoms with Crippen molar-refractivity contribution in [3.8, 4) is 5.69 Å². The van der Waals surface area contributed by atoms with Crippen molar-refractivity contribution in [1.82, 2.24) is 19.2 Å². The molecule has 0 amide bonds. The highest BCUT2D eigenvalue weighted by Crippen LogP contribution is 2.18. The third kappa shape index (κ3) is 3.12. The maximum Gasteiger partial charge on any atom is 0.359 e. The van der Waals surface area contributed by atoms with Gasteiger partial charge in [-0.2, -0.15) is 9.08 Å². The fraction of sp³-hybridized carbons (Fsp3) is 0.125. The van der Waals surface area contributed by atoms with Crippen LogP contribution < -0.4 is 11.4 Å². The largest absolute Gasteiger partial charge is 0.359 e. The van der Waals surface area contributed by atoms with Gasteiger partial charge >= 0.3 is 11.4 Å². The van der Waals surface area contributed by atoms with Gasteiger partial charge in [-0.15, -0.1) is 5.10 Å². The van der Waals surface area contributed by atoms with Gasteiger partial charge in [-0.3, -0.25) is 0 Å². The first-order valence-electron chi connectivity index (χ1n) is 9.88. The quantitative estimate of drug-likeness (QED) is 0.506. The maximum atomic E-state index is 12.9. The molecular formula is C24H20N4O2. The average molecular weight is 396 g/mol. The van der Waals surface area contributed by atoms with E-state index in [1.165, 1.54) is 10.2 Å². The minimum absolute atomic E-state index is 0.362. The zero-order chi connectivity index (χ0) is 20.7. The van der Waals surface area contributed by atoms with Crippen LogP contribution in [0.15, 0.2) is 82.4 Å². The number of aryl methyl sites for hydroxylation is 3. The second-order valence-electron chi connectivity index (χ2n) is 7.48. The van der Waals surface area contributed by atoms with Crippen LogP contribution in [0.2, 0.25) is 0 Å². The maximum absolute atomic E-state index is 12.9. The molecule has 0 spiro atoms. The smallest absolute Gasteiger partial charge is 0.306 e. The SMILES string of the molecule is Cc1ccc(-n2nc3c4cc(CCc5ccccc5)ccc4[nH]c(=O)n3c2=O)cc1. The van der Waals surface area contributed by atoms with Gasteiger partial charge in [0.25, 0.3) is 0 Å². The van der Waals surface area contributed by atoms with Crippen LogP contribution in [0.1, 0.15) is 16.7 Å². The van der Waals surface area contributed by atoms with Gasteiger partial charge in [-0.25, -0.2) is 9.59 Å². The van der Waals surface area contributed by atoms with E-state index in [1.54, 1.807) is 0 Å². The second kappa shape index (κ2) is 7.15. The lowest BCUT2D eigenvalue weighted by Gasteiger charge is -2.05. The van der Waals surface area contributed by atoms with Gasteiger partial charge in [0, 0.05) is 5.39 Å². The Morgan fingerprint density at radius 3 is 2.37 bits per heavy atom. The topological polar surface area (TPSA) is 72.2 Å². The molecule has 0 fully saturated rings. The molecule has 1 N–H and O–H groups in total. The molecule has 3 aromatic carbocycles. The lowest BCUT2D eigenvalue weighted by Crippen LogP contribution is -2.29. The van der Waals surface area contributed by atoms with Crippen LogP contribution >= 0.6 is 0 Å². The zero-order valence-corrected chi connectivity index (χ0v) is 16.5. The van der Waals surface area contributed by atoms with Crippen molar-refractivity contribution in [2.75, 3.05) is 0 Å². The summed E-state index contributed by atoms with van der Waals surface area (Å²) in [5.41, 5.74) is 4.16. The van der Waals surface area contributed by atoms with Crippen molar-refractivity contribution in [2.45, 2.75) is 19.8 Å². The van der Waals surface area contributed by atoms with Gasteiger partial charge in [0.15, 0.2) is 5.65 Å². The van der Waals surface area contributed by atoms with Crippen LogP contribution in [0.25, 0.3) is 22.2 Å². The van der Waals surface area contributed by atoms with Gasteiger partial charge in [-0.05, 0) is 55.2 Å². The number of hydrogen-bond acceptors (Lipinski definition) is 3. The van der Waals surface area contributed by atoms with E-state index in [9.17, 15) is 9.59 Å². The number of hydrogen-bond donors (Lipinski definition) is 1. The molecule has 0 unspecified atom stereocenters. The molecule has 0 bridgehead atoms. The summed E-state index contributed by atoms with van der Waals surface area (Å²) in [7, 11) is 0. The number of H-pyrrole nitrogens is 1. The van der Waals surface area contributed by atoms with Crippen LogP contribution in [0.3, 0.4) is 0 Å². The highest BCUT2D eigenvalue weighted by atomic mass is 16.2. The molecule has 0 aliphatic rings. The first kappa shape index (κ1) is 18.1. The molecule has 6 heteroatoms. The Morgan fingerprint density at radius 1 is 0.867 bits per heavy atom. The molecule has 6 nitrogen and oxygen atoms in total. The van der Waals surface area contributed by atoms with Crippen molar-refractivity contribution in [3.63, 3.8) is 0 Å². The Balaban J connectivity index is 1.63. The Kier molecular flexibility index (Phi) is 4.32. The van der Waals surface area contributed by atoms with Crippen LogP contribution in [0.4, 0.5) is 0 Å². The van der Waals surface area contributed by atoms with Gasteiger partial charge in [0.1, 0.15) is 0 Å². The van der Waals surface area contributed by atoms with Gasteiger partial charge in [-0.1, -0.05) is 54.1 Å². The summed E-state index contributed by atoms with van der Waals surface area (Å²) in [5.74, 6) is 0. The zero-order valence-electron chi connectivity index (χ0n) is 16.5. The number of fused-ring (bicyclic) bond motifs is 3. The molecular weight excluding hydrogens is 376 g/mol. The van der Waals surface area contributed by atoms with Crippen LogP contribution in [0, 0.1) is 6.92 Å². The van der Waals surface area contributed by atoms with E-state index < -0.39 is 11.4 Å². The van der Waals surface area contributed by atoms with Crippen LogP contribution in [-0.4, -0.2) is 19.2 Å². The Morgan fingerprint density at radius 2 is 1.60 bits per heavy atom. The molecule has 148 valence electrons. The minimum Gasteiger partial charge on any atom is -0.306 e. The van der Waals surface area contributed by atoms with Crippen LogP contribution in [-0.2, 0) is 12.8 Å². The fourth-order valence-electron chi connectivity index (χ4n) is 3.72. The van der Waals surface area contributed by atoms with Crippen molar-refractivity contribution >= 4 is 16.6 Å². The van der Waals surface area contributed by atoms with Crippen molar-refractivity contribution < 1.29 is 0 Å². The predicted molar refractivity (Wildman–Crippen MR) is 118 cm³/mol. The molecule has 0 atom stereocenters. The molecule has 0 radical (unpaired) electrons. The number of rotatable bonds is 4. The molecule has 2 heterocycles. The van der Waals surface area contributed by atoms with Crippen molar-refractivity contribution in [2.24, 2.45) is 0 Å². The first-order chi connectivity index (χ1) is 14.6.